The van der Waals surface area contributed by atoms with Gasteiger partial charge in [0.15, 0.2) is 0 Å². The summed E-state index contributed by atoms with van der Waals surface area (Å²) in [5.41, 5.74) is 3.26. The molecule has 0 spiro atoms. The summed E-state index contributed by atoms with van der Waals surface area (Å²) in [7, 11) is 0. The highest BCUT2D eigenvalue weighted by Gasteiger charge is 2.09. The smallest absolute Gasteiger partial charge is 0.0830 e. The molecule has 19 heavy (non-hydrogen) atoms. The van der Waals surface area contributed by atoms with Gasteiger partial charge >= 0.3 is 0 Å². The molecule has 0 radical (unpaired) electrons. The minimum Gasteiger partial charge on any atom is -0.388 e. The predicted molar refractivity (Wildman–Crippen MR) is 81.1 cm³/mol. The van der Waals surface area contributed by atoms with Crippen molar-refractivity contribution in [2.45, 2.75) is 32.3 Å². The Morgan fingerprint density at radius 2 is 1.74 bits per heavy atom. The van der Waals surface area contributed by atoms with Gasteiger partial charge < -0.3 is 5.11 Å². The number of aliphatic hydroxyl groups is 1. The highest BCUT2D eigenvalue weighted by Crippen LogP contribution is 2.22. The quantitative estimate of drug-likeness (QED) is 0.914. The second kappa shape index (κ2) is 6.31. The van der Waals surface area contributed by atoms with Gasteiger partial charge in [-0.1, -0.05) is 38.1 Å². The molecule has 0 amide bonds. The van der Waals surface area contributed by atoms with E-state index in [1.165, 1.54) is 5.56 Å². The Kier molecular flexibility index (Phi) is 4.72. The van der Waals surface area contributed by atoms with Crippen LogP contribution in [0.2, 0.25) is 0 Å². The molecule has 0 bridgehead atoms. The summed E-state index contributed by atoms with van der Waals surface area (Å²) in [6.45, 7) is 4.33. The third kappa shape index (κ3) is 3.88. The molecule has 0 aliphatic heterocycles. The fraction of sp³-hybridized carbons (Fsp3) is 0.312. The summed E-state index contributed by atoms with van der Waals surface area (Å²) >= 11 is 3.39. The van der Waals surface area contributed by atoms with Crippen LogP contribution in [-0.2, 0) is 6.42 Å². The number of rotatable bonds is 4. The average molecular weight is 320 g/mol. The molecule has 0 fully saturated rings. The zero-order chi connectivity index (χ0) is 13.8. The largest absolute Gasteiger partial charge is 0.388 e. The lowest BCUT2D eigenvalue weighted by Crippen LogP contribution is -2.02. The van der Waals surface area contributed by atoms with E-state index < -0.39 is 6.10 Å². The van der Waals surface area contributed by atoms with Gasteiger partial charge in [0.25, 0.3) is 0 Å². The van der Waals surface area contributed by atoms with Gasteiger partial charge in [0.1, 0.15) is 0 Å². The zero-order valence-electron chi connectivity index (χ0n) is 11.2. The minimum atomic E-state index is -0.489. The van der Waals surface area contributed by atoms with Crippen molar-refractivity contribution in [1.29, 1.82) is 0 Å². The van der Waals surface area contributed by atoms with Crippen molar-refractivity contribution in [3.05, 3.63) is 63.9 Å². The maximum absolute atomic E-state index is 10.3. The SMILES string of the molecule is CC(C)c1ccc(C(O)Cc2cncc(Br)c2)cc1. The van der Waals surface area contributed by atoms with E-state index in [1.54, 1.807) is 12.4 Å². The van der Waals surface area contributed by atoms with Crippen LogP contribution < -0.4 is 0 Å². The molecule has 1 aromatic carbocycles. The Bertz CT molecular complexity index is 537. The summed E-state index contributed by atoms with van der Waals surface area (Å²) in [4.78, 5) is 4.11. The van der Waals surface area contributed by atoms with Crippen molar-refractivity contribution in [2.24, 2.45) is 0 Å². The van der Waals surface area contributed by atoms with Crippen LogP contribution in [0, 0.1) is 0 Å². The van der Waals surface area contributed by atoms with Crippen LogP contribution in [-0.4, -0.2) is 10.1 Å². The highest BCUT2D eigenvalue weighted by molar-refractivity contribution is 9.10. The molecular weight excluding hydrogens is 302 g/mol. The van der Waals surface area contributed by atoms with Crippen molar-refractivity contribution in [3.63, 3.8) is 0 Å². The highest BCUT2D eigenvalue weighted by atomic mass is 79.9. The lowest BCUT2D eigenvalue weighted by molar-refractivity contribution is 0.178. The monoisotopic (exact) mass is 319 g/mol. The summed E-state index contributed by atoms with van der Waals surface area (Å²) in [5.74, 6) is 0.514. The van der Waals surface area contributed by atoms with Crippen LogP contribution in [0.4, 0.5) is 0 Å². The third-order valence-corrected chi connectivity index (χ3v) is 3.61. The first-order chi connectivity index (χ1) is 9.06. The Labute approximate surface area is 122 Å². The normalized spacial score (nSPS) is 12.7. The molecule has 1 aromatic heterocycles. The van der Waals surface area contributed by atoms with Crippen LogP contribution in [0.25, 0.3) is 0 Å². The number of aliphatic hydroxyl groups excluding tert-OH is 1. The Hall–Kier alpha value is -1.19. The standard InChI is InChI=1S/C16H18BrNO/c1-11(2)13-3-5-14(6-4-13)16(19)8-12-7-15(17)10-18-9-12/h3-7,9-11,16,19H,8H2,1-2H3. The number of hydrogen-bond acceptors (Lipinski definition) is 2. The van der Waals surface area contributed by atoms with Gasteiger partial charge in [0.05, 0.1) is 6.10 Å². The number of halogens is 1. The molecule has 2 rings (SSSR count). The topological polar surface area (TPSA) is 33.1 Å². The third-order valence-electron chi connectivity index (χ3n) is 3.18. The molecule has 1 N–H and O–H groups in total. The average Bonchev–Trinajstić information content (AvgIpc) is 2.39. The Morgan fingerprint density at radius 3 is 2.32 bits per heavy atom. The molecule has 1 heterocycles. The van der Waals surface area contributed by atoms with E-state index >= 15 is 0 Å². The molecule has 3 heteroatoms. The number of nitrogens with zero attached hydrogens (tertiary/aromatic N) is 1. The maximum atomic E-state index is 10.3. The molecule has 0 saturated heterocycles. The first-order valence-corrected chi connectivity index (χ1v) is 7.23. The van der Waals surface area contributed by atoms with Crippen LogP contribution in [0.1, 0.15) is 42.6 Å². The first-order valence-electron chi connectivity index (χ1n) is 6.43. The fourth-order valence-electron chi connectivity index (χ4n) is 2.01. The Morgan fingerprint density at radius 1 is 1.11 bits per heavy atom. The number of hydrogen-bond donors (Lipinski definition) is 1. The van der Waals surface area contributed by atoms with Gasteiger partial charge in [-0.25, -0.2) is 0 Å². The molecule has 0 saturated carbocycles. The summed E-state index contributed by atoms with van der Waals surface area (Å²) in [6.07, 6.45) is 3.62. The van der Waals surface area contributed by atoms with Gasteiger partial charge in [0, 0.05) is 23.3 Å². The second-order valence-electron chi connectivity index (χ2n) is 5.05. The van der Waals surface area contributed by atoms with E-state index in [9.17, 15) is 5.11 Å². The molecular formula is C16H18BrNO. The summed E-state index contributed by atoms with van der Waals surface area (Å²) in [6, 6.07) is 10.2. The van der Waals surface area contributed by atoms with Crippen molar-refractivity contribution in [1.82, 2.24) is 4.98 Å². The van der Waals surface area contributed by atoms with Crippen molar-refractivity contribution >= 4 is 15.9 Å². The van der Waals surface area contributed by atoms with Gasteiger partial charge in [-0.2, -0.15) is 0 Å². The first kappa shape index (κ1) is 14.2. The van der Waals surface area contributed by atoms with E-state index in [1.807, 2.05) is 18.2 Å². The fourth-order valence-corrected chi connectivity index (χ4v) is 2.42. The molecule has 0 aliphatic carbocycles. The van der Waals surface area contributed by atoms with Crippen molar-refractivity contribution in [2.75, 3.05) is 0 Å². The lowest BCUT2D eigenvalue weighted by Gasteiger charge is -2.13. The van der Waals surface area contributed by atoms with Gasteiger partial charge in [-0.15, -0.1) is 0 Å². The molecule has 1 atom stereocenters. The molecule has 100 valence electrons. The van der Waals surface area contributed by atoms with Crippen LogP contribution in [0.5, 0.6) is 0 Å². The minimum absolute atomic E-state index is 0.489. The number of pyridine rings is 1. The predicted octanol–water partition coefficient (Wildman–Crippen LogP) is 4.24. The van der Waals surface area contributed by atoms with E-state index in [0.29, 0.717) is 12.3 Å². The lowest BCUT2D eigenvalue weighted by atomic mass is 9.98. The summed E-state index contributed by atoms with van der Waals surface area (Å²) in [5, 5.41) is 10.3. The van der Waals surface area contributed by atoms with Gasteiger partial charge in [0.2, 0.25) is 0 Å². The van der Waals surface area contributed by atoms with Crippen LogP contribution >= 0.6 is 15.9 Å². The van der Waals surface area contributed by atoms with Crippen molar-refractivity contribution in [3.8, 4) is 0 Å². The second-order valence-corrected chi connectivity index (χ2v) is 5.97. The van der Waals surface area contributed by atoms with E-state index in [-0.39, 0.29) is 0 Å². The molecule has 0 aliphatic rings. The van der Waals surface area contributed by atoms with Crippen molar-refractivity contribution < 1.29 is 5.11 Å². The number of aromatic nitrogens is 1. The van der Waals surface area contributed by atoms with Gasteiger partial charge in [-0.05, 0) is 44.6 Å². The van der Waals surface area contributed by atoms with Gasteiger partial charge in [-0.3, -0.25) is 4.98 Å². The Balaban J connectivity index is 2.09. The zero-order valence-corrected chi connectivity index (χ0v) is 12.8. The molecule has 1 unspecified atom stereocenters. The van der Waals surface area contributed by atoms with Crippen LogP contribution in [0.3, 0.4) is 0 Å². The maximum Gasteiger partial charge on any atom is 0.0830 e. The van der Waals surface area contributed by atoms with Crippen LogP contribution in [0.15, 0.2) is 47.2 Å². The van der Waals surface area contributed by atoms with E-state index in [0.717, 1.165) is 15.6 Å². The number of benzene rings is 1. The summed E-state index contributed by atoms with van der Waals surface area (Å²) < 4.78 is 0.937. The van der Waals surface area contributed by atoms with E-state index in [4.69, 9.17) is 0 Å². The molecule has 2 aromatic rings. The van der Waals surface area contributed by atoms with E-state index in [2.05, 4.69) is 46.9 Å². The molecule has 2 nitrogen and oxygen atoms in total.